The average Bonchev–Trinajstić information content (AvgIpc) is 2.84. The van der Waals surface area contributed by atoms with Crippen LogP contribution in [0.3, 0.4) is 0 Å². The van der Waals surface area contributed by atoms with Gasteiger partial charge in [0, 0.05) is 0 Å². The number of nitrogens with zero attached hydrogens (tertiary/aromatic N) is 2. The molecule has 0 spiro atoms. The highest BCUT2D eigenvalue weighted by molar-refractivity contribution is 7.93. The van der Waals surface area contributed by atoms with Gasteiger partial charge in [-0.05, 0) is 17.7 Å². The summed E-state index contributed by atoms with van der Waals surface area (Å²) in [5.41, 5.74) is 1.22. The van der Waals surface area contributed by atoms with E-state index < -0.39 is 33.2 Å². The molecule has 0 aliphatic heterocycles. The van der Waals surface area contributed by atoms with Gasteiger partial charge >= 0.3 is 0 Å². The summed E-state index contributed by atoms with van der Waals surface area (Å²) in [5, 5.41) is 15.6. The summed E-state index contributed by atoms with van der Waals surface area (Å²) in [5.74, 6) is -2.88. The van der Waals surface area contributed by atoms with Crippen molar-refractivity contribution in [3.05, 3.63) is 34.8 Å². The number of aliphatic hydroxyl groups excluding tert-OH is 1. The van der Waals surface area contributed by atoms with Gasteiger partial charge in [0.15, 0.2) is 11.6 Å². The first-order valence-corrected chi connectivity index (χ1v) is 7.18. The van der Waals surface area contributed by atoms with Crippen molar-refractivity contribution in [3.63, 3.8) is 0 Å². The Morgan fingerprint density at radius 1 is 1.37 bits per heavy atom. The van der Waals surface area contributed by atoms with Crippen molar-refractivity contribution in [2.24, 2.45) is 0 Å². The number of hydrogen-bond acceptors (Lipinski definition) is 6. The molecule has 2 rings (SSSR count). The maximum atomic E-state index is 13.5. The summed E-state index contributed by atoms with van der Waals surface area (Å²) < 4.78 is 52.5. The van der Waals surface area contributed by atoms with Crippen LogP contribution in [0.15, 0.2) is 22.5 Å². The molecule has 1 aromatic carbocycles. The van der Waals surface area contributed by atoms with Crippen LogP contribution in [-0.4, -0.2) is 23.7 Å². The lowest BCUT2D eigenvalue weighted by atomic mass is 10.2. The second-order valence-electron chi connectivity index (χ2n) is 3.40. The largest absolute Gasteiger partial charge is 0.392 e. The highest BCUT2D eigenvalue weighted by atomic mass is 32.2. The van der Waals surface area contributed by atoms with Crippen LogP contribution in [0.4, 0.5) is 13.9 Å². The quantitative estimate of drug-likeness (QED) is 0.882. The number of halogens is 2. The predicted molar refractivity (Wildman–Crippen MR) is 63.0 cm³/mol. The third-order valence-corrected chi connectivity index (χ3v) is 4.18. The maximum Gasteiger partial charge on any atom is 0.266 e. The average molecular weight is 307 g/mol. The molecule has 0 saturated heterocycles. The fraction of sp³-hybridized carbons (Fsp3) is 0.111. The van der Waals surface area contributed by atoms with Gasteiger partial charge in [-0.3, -0.25) is 4.72 Å². The van der Waals surface area contributed by atoms with E-state index in [1.165, 1.54) is 5.51 Å². The van der Waals surface area contributed by atoms with Crippen LogP contribution in [-0.2, 0) is 16.6 Å². The molecule has 0 amide bonds. The fourth-order valence-electron chi connectivity index (χ4n) is 1.29. The molecule has 0 bridgehead atoms. The number of nitrogens with one attached hydrogen (secondary N) is 1. The smallest absolute Gasteiger partial charge is 0.266 e. The Balaban J connectivity index is 2.48. The Morgan fingerprint density at radius 3 is 2.68 bits per heavy atom. The second kappa shape index (κ2) is 5.15. The molecule has 2 N–H and O–H groups in total. The zero-order chi connectivity index (χ0) is 14.0. The van der Waals surface area contributed by atoms with Crippen molar-refractivity contribution in [3.8, 4) is 0 Å². The van der Waals surface area contributed by atoms with Crippen LogP contribution in [0, 0.1) is 11.6 Å². The van der Waals surface area contributed by atoms with Crippen molar-refractivity contribution in [1.29, 1.82) is 0 Å². The number of hydrogen-bond donors (Lipinski definition) is 2. The van der Waals surface area contributed by atoms with Gasteiger partial charge in [-0.25, -0.2) is 17.2 Å². The van der Waals surface area contributed by atoms with E-state index in [4.69, 9.17) is 5.11 Å². The van der Waals surface area contributed by atoms with E-state index >= 15 is 0 Å². The van der Waals surface area contributed by atoms with E-state index in [9.17, 15) is 17.2 Å². The Hall–Kier alpha value is -1.65. The predicted octanol–water partition coefficient (Wildman–Crippen LogP) is 1.11. The summed E-state index contributed by atoms with van der Waals surface area (Å²) in [4.78, 5) is -0.897. The number of sulfonamides is 1. The van der Waals surface area contributed by atoms with Gasteiger partial charge in [-0.15, -0.1) is 10.2 Å². The monoisotopic (exact) mass is 307 g/mol. The minimum Gasteiger partial charge on any atom is -0.392 e. The summed E-state index contributed by atoms with van der Waals surface area (Å²) >= 11 is 0.886. The SMILES string of the molecule is O=S(=O)(Nc1nncs1)c1cc(CO)cc(F)c1F. The van der Waals surface area contributed by atoms with Crippen LogP contribution in [0.2, 0.25) is 0 Å². The highest BCUT2D eigenvalue weighted by Crippen LogP contribution is 2.23. The number of aromatic nitrogens is 2. The van der Waals surface area contributed by atoms with Gasteiger partial charge in [-0.2, -0.15) is 0 Å². The van der Waals surface area contributed by atoms with E-state index in [-0.39, 0.29) is 10.7 Å². The summed E-state index contributed by atoms with van der Waals surface area (Å²) in [6.07, 6.45) is 0. The standard InChI is InChI=1S/C9H7F2N3O3S2/c10-6-1-5(3-15)2-7(8(6)11)19(16,17)14-9-13-12-4-18-9/h1-2,4,15H,3H2,(H,13,14). The molecule has 0 unspecified atom stereocenters. The van der Waals surface area contributed by atoms with Gasteiger partial charge in [0.2, 0.25) is 5.13 Å². The Bertz CT molecular complexity index is 689. The third-order valence-electron chi connectivity index (χ3n) is 2.11. The lowest BCUT2D eigenvalue weighted by molar-refractivity contribution is 0.280. The van der Waals surface area contributed by atoms with Crippen molar-refractivity contribution >= 4 is 26.5 Å². The summed E-state index contributed by atoms with van der Waals surface area (Å²) in [7, 11) is -4.34. The minimum absolute atomic E-state index is 0.0588. The van der Waals surface area contributed by atoms with Gasteiger partial charge in [-0.1, -0.05) is 11.3 Å². The molecule has 102 valence electrons. The van der Waals surface area contributed by atoms with Crippen LogP contribution >= 0.6 is 11.3 Å². The molecular formula is C9H7F2N3O3S2. The van der Waals surface area contributed by atoms with Crippen molar-refractivity contribution < 1.29 is 22.3 Å². The number of anilines is 1. The highest BCUT2D eigenvalue weighted by Gasteiger charge is 2.24. The molecule has 0 aliphatic rings. The van der Waals surface area contributed by atoms with Gasteiger partial charge in [0.25, 0.3) is 10.0 Å². The van der Waals surface area contributed by atoms with Gasteiger partial charge in [0.05, 0.1) is 6.61 Å². The van der Waals surface area contributed by atoms with E-state index in [0.29, 0.717) is 0 Å². The van der Waals surface area contributed by atoms with Crippen molar-refractivity contribution in [2.75, 3.05) is 4.72 Å². The van der Waals surface area contributed by atoms with Gasteiger partial charge in [0.1, 0.15) is 10.4 Å². The van der Waals surface area contributed by atoms with Crippen LogP contribution in [0.5, 0.6) is 0 Å². The van der Waals surface area contributed by atoms with E-state index in [1.807, 2.05) is 4.72 Å². The number of rotatable bonds is 4. The Kier molecular flexibility index (Phi) is 3.73. The molecular weight excluding hydrogens is 300 g/mol. The molecule has 1 heterocycles. The lowest BCUT2D eigenvalue weighted by Crippen LogP contribution is -2.16. The van der Waals surface area contributed by atoms with E-state index in [0.717, 1.165) is 23.5 Å². The first-order valence-electron chi connectivity index (χ1n) is 4.82. The zero-order valence-corrected chi connectivity index (χ0v) is 10.8. The fourth-order valence-corrected chi connectivity index (χ4v) is 3.12. The lowest BCUT2D eigenvalue weighted by Gasteiger charge is -2.08. The summed E-state index contributed by atoms with van der Waals surface area (Å²) in [6, 6.07) is 1.57. The Labute approximate surface area is 110 Å². The second-order valence-corrected chi connectivity index (χ2v) is 5.88. The summed E-state index contributed by atoms with van der Waals surface area (Å²) in [6.45, 7) is -0.613. The molecule has 0 radical (unpaired) electrons. The molecule has 2 aromatic rings. The first kappa shape index (κ1) is 13.8. The molecule has 19 heavy (non-hydrogen) atoms. The Morgan fingerprint density at radius 2 is 2.11 bits per heavy atom. The zero-order valence-electron chi connectivity index (χ0n) is 9.17. The number of benzene rings is 1. The minimum atomic E-state index is -4.34. The van der Waals surface area contributed by atoms with E-state index in [1.54, 1.807) is 0 Å². The third kappa shape index (κ3) is 2.85. The molecule has 6 nitrogen and oxygen atoms in total. The van der Waals surface area contributed by atoms with Crippen LogP contribution in [0.25, 0.3) is 0 Å². The van der Waals surface area contributed by atoms with Crippen LogP contribution in [0.1, 0.15) is 5.56 Å². The van der Waals surface area contributed by atoms with Crippen molar-refractivity contribution in [1.82, 2.24) is 10.2 Å². The van der Waals surface area contributed by atoms with Gasteiger partial charge < -0.3 is 5.11 Å². The maximum absolute atomic E-state index is 13.5. The normalized spacial score (nSPS) is 11.5. The molecule has 0 fully saturated rings. The molecule has 10 heteroatoms. The molecule has 0 saturated carbocycles. The molecule has 0 atom stereocenters. The molecule has 1 aromatic heterocycles. The topological polar surface area (TPSA) is 92.2 Å². The molecule has 0 aliphatic carbocycles. The van der Waals surface area contributed by atoms with E-state index in [2.05, 4.69) is 10.2 Å². The van der Waals surface area contributed by atoms with Crippen LogP contribution < -0.4 is 4.72 Å². The number of aliphatic hydroxyl groups is 1. The first-order chi connectivity index (χ1) is 8.94. The van der Waals surface area contributed by atoms with Crippen molar-refractivity contribution in [2.45, 2.75) is 11.5 Å².